The van der Waals surface area contributed by atoms with Gasteiger partial charge in [-0.25, -0.2) is 4.79 Å². The van der Waals surface area contributed by atoms with Gasteiger partial charge in [-0.05, 0) is 25.5 Å². The number of aliphatic carboxylic acids is 1. The highest BCUT2D eigenvalue weighted by Crippen LogP contribution is 2.17. The van der Waals surface area contributed by atoms with E-state index in [1.807, 2.05) is 6.92 Å². The van der Waals surface area contributed by atoms with Crippen molar-refractivity contribution in [2.75, 3.05) is 0 Å². The van der Waals surface area contributed by atoms with Gasteiger partial charge in [0.25, 0.3) is 0 Å². The number of ether oxygens (including phenoxy) is 1. The first-order valence-electron chi connectivity index (χ1n) is 4.96. The minimum Gasteiger partial charge on any atom is -0.479 e. The van der Waals surface area contributed by atoms with E-state index in [9.17, 15) is 4.79 Å². The van der Waals surface area contributed by atoms with Gasteiger partial charge in [0.1, 0.15) is 5.75 Å². The van der Waals surface area contributed by atoms with Gasteiger partial charge in [-0.2, -0.15) is 0 Å². The number of rotatable bonds is 5. The molecule has 0 spiro atoms. The maximum atomic E-state index is 10.9. The molecule has 1 unspecified atom stereocenters. The Morgan fingerprint density at radius 3 is 2.93 bits per heavy atom. The molecule has 0 aromatic carbocycles. The molecule has 1 aromatic heterocycles. The van der Waals surface area contributed by atoms with Crippen molar-refractivity contribution in [2.45, 2.75) is 32.8 Å². The van der Waals surface area contributed by atoms with Crippen molar-refractivity contribution in [3.05, 3.63) is 24.0 Å². The van der Waals surface area contributed by atoms with Crippen LogP contribution in [0.2, 0.25) is 0 Å². The highest BCUT2D eigenvalue weighted by Gasteiger charge is 2.18. The van der Waals surface area contributed by atoms with E-state index in [0.717, 1.165) is 6.42 Å². The molecular weight excluding hydrogens is 194 g/mol. The third-order valence-electron chi connectivity index (χ3n) is 2.05. The lowest BCUT2D eigenvalue weighted by Gasteiger charge is -2.15. The lowest BCUT2D eigenvalue weighted by atomic mass is 10.2. The fraction of sp³-hybridized carbons (Fsp3) is 0.455. The van der Waals surface area contributed by atoms with E-state index in [-0.39, 0.29) is 0 Å². The zero-order valence-corrected chi connectivity index (χ0v) is 8.93. The van der Waals surface area contributed by atoms with E-state index in [4.69, 9.17) is 9.84 Å². The second-order valence-corrected chi connectivity index (χ2v) is 3.32. The number of carbonyl (C=O) groups is 1. The molecule has 4 nitrogen and oxygen atoms in total. The van der Waals surface area contributed by atoms with E-state index >= 15 is 0 Å². The molecule has 0 amide bonds. The maximum Gasteiger partial charge on any atom is 0.344 e. The molecular formula is C11H15NO3. The van der Waals surface area contributed by atoms with Gasteiger partial charge >= 0.3 is 5.97 Å². The van der Waals surface area contributed by atoms with Crippen molar-refractivity contribution in [3.8, 4) is 5.75 Å². The Hall–Kier alpha value is -1.58. The Morgan fingerprint density at radius 2 is 2.40 bits per heavy atom. The van der Waals surface area contributed by atoms with Crippen LogP contribution in [0.25, 0.3) is 0 Å². The van der Waals surface area contributed by atoms with Crippen LogP contribution in [0, 0.1) is 6.92 Å². The van der Waals surface area contributed by atoms with Crippen LogP contribution in [0.4, 0.5) is 0 Å². The average molecular weight is 209 g/mol. The predicted molar refractivity (Wildman–Crippen MR) is 55.9 cm³/mol. The first kappa shape index (κ1) is 11.5. The van der Waals surface area contributed by atoms with Crippen molar-refractivity contribution in [1.82, 2.24) is 4.98 Å². The topological polar surface area (TPSA) is 59.4 Å². The SMILES string of the molecule is CCCC(Oc1cccnc1C)C(=O)O. The summed E-state index contributed by atoms with van der Waals surface area (Å²) in [6, 6.07) is 3.46. The Balaban J connectivity index is 2.74. The Kier molecular flexibility index (Phi) is 4.09. The van der Waals surface area contributed by atoms with Crippen LogP contribution in [-0.4, -0.2) is 22.2 Å². The van der Waals surface area contributed by atoms with Gasteiger partial charge in [0, 0.05) is 6.20 Å². The third-order valence-corrected chi connectivity index (χ3v) is 2.05. The zero-order valence-electron chi connectivity index (χ0n) is 8.93. The molecule has 0 saturated carbocycles. The number of pyridine rings is 1. The third kappa shape index (κ3) is 3.23. The fourth-order valence-corrected chi connectivity index (χ4v) is 1.24. The van der Waals surface area contributed by atoms with E-state index < -0.39 is 12.1 Å². The normalized spacial score (nSPS) is 12.1. The molecule has 0 aliphatic rings. The van der Waals surface area contributed by atoms with Crippen LogP contribution >= 0.6 is 0 Å². The highest BCUT2D eigenvalue weighted by atomic mass is 16.5. The van der Waals surface area contributed by atoms with Gasteiger partial charge in [-0.1, -0.05) is 13.3 Å². The largest absolute Gasteiger partial charge is 0.479 e. The average Bonchev–Trinajstić information content (AvgIpc) is 2.20. The number of carboxylic acids is 1. The molecule has 1 rings (SSSR count). The van der Waals surface area contributed by atoms with Crippen LogP contribution in [0.15, 0.2) is 18.3 Å². The van der Waals surface area contributed by atoms with Crippen LogP contribution < -0.4 is 4.74 Å². The van der Waals surface area contributed by atoms with Crippen LogP contribution in [-0.2, 0) is 4.79 Å². The maximum absolute atomic E-state index is 10.9. The van der Waals surface area contributed by atoms with Crippen molar-refractivity contribution >= 4 is 5.97 Å². The summed E-state index contributed by atoms with van der Waals surface area (Å²) in [6.07, 6.45) is 2.15. The van der Waals surface area contributed by atoms with Gasteiger partial charge in [-0.3, -0.25) is 4.98 Å². The van der Waals surface area contributed by atoms with E-state index in [1.165, 1.54) is 0 Å². The quantitative estimate of drug-likeness (QED) is 0.806. The summed E-state index contributed by atoms with van der Waals surface area (Å²) in [5.41, 5.74) is 0.708. The minimum absolute atomic E-state index is 0.504. The molecule has 0 bridgehead atoms. The summed E-state index contributed by atoms with van der Waals surface area (Å²) in [4.78, 5) is 14.9. The molecule has 1 atom stereocenters. The van der Waals surface area contributed by atoms with E-state index in [2.05, 4.69) is 4.98 Å². The van der Waals surface area contributed by atoms with Gasteiger partial charge in [0.2, 0.25) is 0 Å². The summed E-state index contributed by atoms with van der Waals surface area (Å²) < 4.78 is 5.39. The molecule has 0 aliphatic carbocycles. The molecule has 4 heteroatoms. The fourth-order valence-electron chi connectivity index (χ4n) is 1.24. The molecule has 1 heterocycles. The predicted octanol–water partition coefficient (Wildman–Crippen LogP) is 2.02. The minimum atomic E-state index is -0.930. The van der Waals surface area contributed by atoms with Crippen molar-refractivity contribution in [3.63, 3.8) is 0 Å². The summed E-state index contributed by atoms with van der Waals surface area (Å²) in [7, 11) is 0. The molecule has 1 aromatic rings. The first-order valence-corrected chi connectivity index (χ1v) is 4.96. The van der Waals surface area contributed by atoms with E-state index in [1.54, 1.807) is 25.3 Å². The second kappa shape index (κ2) is 5.34. The molecule has 1 N–H and O–H groups in total. The summed E-state index contributed by atoms with van der Waals surface area (Å²) in [6.45, 7) is 3.72. The van der Waals surface area contributed by atoms with Gasteiger partial charge < -0.3 is 9.84 Å². The lowest BCUT2D eigenvalue weighted by Crippen LogP contribution is -2.27. The Morgan fingerprint density at radius 1 is 1.67 bits per heavy atom. The Labute approximate surface area is 88.9 Å². The van der Waals surface area contributed by atoms with Gasteiger partial charge in [0.15, 0.2) is 6.10 Å². The number of nitrogens with zero attached hydrogens (tertiary/aromatic N) is 1. The number of aromatic nitrogens is 1. The molecule has 0 fully saturated rings. The first-order chi connectivity index (χ1) is 7.15. The molecule has 0 saturated heterocycles. The number of hydrogen-bond donors (Lipinski definition) is 1. The van der Waals surface area contributed by atoms with Crippen LogP contribution in [0.1, 0.15) is 25.5 Å². The van der Waals surface area contributed by atoms with Crippen LogP contribution in [0.5, 0.6) is 5.75 Å². The standard InChI is InChI=1S/C11H15NO3/c1-3-5-10(11(13)14)15-9-6-4-7-12-8(9)2/h4,6-7,10H,3,5H2,1-2H3,(H,13,14). The Bertz CT molecular complexity index is 338. The zero-order chi connectivity index (χ0) is 11.3. The summed E-state index contributed by atoms with van der Waals surface area (Å²) in [5, 5.41) is 8.91. The second-order valence-electron chi connectivity index (χ2n) is 3.32. The van der Waals surface area contributed by atoms with Gasteiger partial charge in [0.05, 0.1) is 5.69 Å². The van der Waals surface area contributed by atoms with Crippen molar-refractivity contribution in [1.29, 1.82) is 0 Å². The van der Waals surface area contributed by atoms with Crippen molar-refractivity contribution < 1.29 is 14.6 Å². The number of hydrogen-bond acceptors (Lipinski definition) is 3. The summed E-state index contributed by atoms with van der Waals surface area (Å²) >= 11 is 0. The highest BCUT2D eigenvalue weighted by molar-refractivity contribution is 5.72. The summed E-state index contributed by atoms with van der Waals surface area (Å²) in [5.74, 6) is -0.390. The number of carboxylic acid groups (broad SMARTS) is 1. The smallest absolute Gasteiger partial charge is 0.344 e. The molecule has 0 aliphatic heterocycles. The lowest BCUT2D eigenvalue weighted by molar-refractivity contribution is -0.145. The number of aryl methyl sites for hydroxylation is 1. The van der Waals surface area contributed by atoms with E-state index in [0.29, 0.717) is 17.9 Å². The molecule has 82 valence electrons. The molecule has 15 heavy (non-hydrogen) atoms. The van der Waals surface area contributed by atoms with Crippen molar-refractivity contribution in [2.24, 2.45) is 0 Å². The van der Waals surface area contributed by atoms with Crippen LogP contribution in [0.3, 0.4) is 0 Å². The monoisotopic (exact) mass is 209 g/mol. The molecule has 0 radical (unpaired) electrons. The van der Waals surface area contributed by atoms with Gasteiger partial charge in [-0.15, -0.1) is 0 Å².